The number of hydrogen-bond donors (Lipinski definition) is 1. The Balaban J connectivity index is 1.57. The van der Waals surface area contributed by atoms with Crippen molar-refractivity contribution in [3.63, 3.8) is 0 Å². The van der Waals surface area contributed by atoms with E-state index in [2.05, 4.69) is 28.9 Å². The molecule has 4 rings (SSSR count). The maximum atomic E-state index is 13.5. The zero-order chi connectivity index (χ0) is 21.8. The predicted octanol–water partition coefficient (Wildman–Crippen LogP) is 5.39. The van der Waals surface area contributed by atoms with Crippen molar-refractivity contribution in [3.05, 3.63) is 76.9 Å². The Morgan fingerprint density at radius 3 is 2.61 bits per heavy atom. The van der Waals surface area contributed by atoms with E-state index in [1.807, 2.05) is 12.1 Å². The molecule has 1 aliphatic rings. The number of carbonyl (C=O) groups excluding carboxylic acids is 1. The number of esters is 1. The molecule has 4 nitrogen and oxygen atoms in total. The van der Waals surface area contributed by atoms with Gasteiger partial charge in [-0.3, -0.25) is 4.79 Å². The first-order valence-electron chi connectivity index (χ1n) is 10.4. The van der Waals surface area contributed by atoms with Crippen LogP contribution in [0.15, 0.2) is 60.0 Å². The number of thiophene rings is 1. The zero-order valence-electron chi connectivity index (χ0n) is 17.6. The molecule has 3 unspecified atom stereocenters. The third-order valence-corrected chi connectivity index (χ3v) is 6.97. The van der Waals surface area contributed by atoms with Gasteiger partial charge >= 0.3 is 5.97 Å². The summed E-state index contributed by atoms with van der Waals surface area (Å²) < 4.78 is 24.1. The molecule has 2 aromatic carbocycles. The van der Waals surface area contributed by atoms with Crippen LogP contribution in [-0.4, -0.2) is 26.2 Å². The molecule has 1 aromatic heterocycles. The summed E-state index contributed by atoms with van der Waals surface area (Å²) >= 11 is 1.70. The number of benzene rings is 2. The Morgan fingerprint density at radius 1 is 1.13 bits per heavy atom. The highest BCUT2D eigenvalue weighted by atomic mass is 32.1. The first kappa shape index (κ1) is 21.5. The number of hydrogen-bond acceptors (Lipinski definition) is 5. The molecule has 0 amide bonds. The van der Waals surface area contributed by atoms with Crippen molar-refractivity contribution in [1.82, 2.24) is 5.32 Å². The normalized spacial score (nSPS) is 20.5. The zero-order valence-corrected chi connectivity index (χ0v) is 18.5. The highest BCUT2D eigenvalue weighted by molar-refractivity contribution is 7.13. The van der Waals surface area contributed by atoms with Crippen LogP contribution in [0.1, 0.15) is 29.9 Å². The van der Waals surface area contributed by atoms with E-state index < -0.39 is 0 Å². The van der Waals surface area contributed by atoms with Crippen molar-refractivity contribution < 1.29 is 18.7 Å². The summed E-state index contributed by atoms with van der Waals surface area (Å²) in [5.41, 5.74) is 3.17. The molecular weight excluding hydrogens is 413 g/mol. The van der Waals surface area contributed by atoms with Crippen LogP contribution in [0.5, 0.6) is 5.75 Å². The molecule has 1 heterocycles. The second kappa shape index (κ2) is 9.62. The fourth-order valence-corrected chi connectivity index (χ4v) is 5.27. The average molecular weight is 440 g/mol. The molecule has 0 radical (unpaired) electrons. The second-order valence-corrected chi connectivity index (χ2v) is 8.72. The molecule has 1 fully saturated rings. The second-order valence-electron chi connectivity index (χ2n) is 7.78. The van der Waals surface area contributed by atoms with Gasteiger partial charge in [0.15, 0.2) is 0 Å². The van der Waals surface area contributed by atoms with Gasteiger partial charge in [-0.15, -0.1) is 11.3 Å². The van der Waals surface area contributed by atoms with Gasteiger partial charge in [-0.25, -0.2) is 4.39 Å². The van der Waals surface area contributed by atoms with E-state index in [0.29, 0.717) is 6.54 Å². The lowest BCUT2D eigenvalue weighted by Gasteiger charge is -2.25. The molecule has 0 aliphatic heterocycles. The molecule has 1 N–H and O–H groups in total. The number of methoxy groups -OCH3 is 2. The first-order valence-corrected chi connectivity index (χ1v) is 11.3. The summed E-state index contributed by atoms with van der Waals surface area (Å²) in [6, 6.07) is 16.9. The monoisotopic (exact) mass is 439 g/mol. The quantitative estimate of drug-likeness (QED) is 0.502. The molecule has 0 bridgehead atoms. The number of rotatable bonds is 7. The number of halogens is 1. The summed E-state index contributed by atoms with van der Waals surface area (Å²) in [6.07, 6.45) is 1.58. The van der Waals surface area contributed by atoms with E-state index in [1.54, 1.807) is 30.6 Å². The first-order chi connectivity index (χ1) is 15.1. The standard InChI is InChI=1S/C25H26FNO3S/c1-29-22-12-7-17(23-4-3-13-31-23)14-18(22)15-27-21-11-10-20(25(28)30-2)24(21)16-5-8-19(26)9-6-16/h3-9,12-14,20-21,24,27H,10-11,15H2,1-2H3. The SMILES string of the molecule is COC(=O)C1CCC(NCc2cc(-c3cccs3)ccc2OC)C1c1ccc(F)cc1. The fraction of sp³-hybridized carbons (Fsp3) is 0.320. The average Bonchev–Trinajstić information content (AvgIpc) is 3.48. The molecule has 0 spiro atoms. The van der Waals surface area contributed by atoms with Crippen LogP contribution >= 0.6 is 11.3 Å². The maximum absolute atomic E-state index is 13.5. The third kappa shape index (κ3) is 4.65. The van der Waals surface area contributed by atoms with Crippen LogP contribution in [0, 0.1) is 11.7 Å². The molecule has 1 aliphatic carbocycles. The molecule has 0 saturated heterocycles. The van der Waals surface area contributed by atoms with Crippen molar-refractivity contribution in [1.29, 1.82) is 0 Å². The Bertz CT molecular complexity index is 1020. The Kier molecular flexibility index (Phi) is 6.68. The van der Waals surface area contributed by atoms with Crippen LogP contribution < -0.4 is 10.1 Å². The van der Waals surface area contributed by atoms with Crippen LogP contribution in [0.4, 0.5) is 4.39 Å². The van der Waals surface area contributed by atoms with Crippen molar-refractivity contribution in [2.45, 2.75) is 31.3 Å². The lowest BCUT2D eigenvalue weighted by Crippen LogP contribution is -2.34. The number of ether oxygens (including phenoxy) is 2. The summed E-state index contributed by atoms with van der Waals surface area (Å²) in [4.78, 5) is 13.6. The molecule has 162 valence electrons. The van der Waals surface area contributed by atoms with Gasteiger partial charge in [0.25, 0.3) is 0 Å². The van der Waals surface area contributed by atoms with Crippen molar-refractivity contribution in [3.8, 4) is 16.2 Å². The van der Waals surface area contributed by atoms with Gasteiger partial charge in [0.05, 0.1) is 20.1 Å². The summed E-state index contributed by atoms with van der Waals surface area (Å²) in [5.74, 6) is 0.0207. The molecular formula is C25H26FNO3S. The Hall–Kier alpha value is -2.70. The summed E-state index contributed by atoms with van der Waals surface area (Å²) in [6.45, 7) is 0.610. The minimum absolute atomic E-state index is 0.0699. The van der Waals surface area contributed by atoms with Crippen molar-refractivity contribution >= 4 is 17.3 Å². The van der Waals surface area contributed by atoms with Gasteiger partial charge in [0, 0.05) is 28.9 Å². The van der Waals surface area contributed by atoms with Crippen LogP contribution in [-0.2, 0) is 16.1 Å². The lowest BCUT2D eigenvalue weighted by atomic mass is 9.86. The van der Waals surface area contributed by atoms with Crippen molar-refractivity contribution in [2.75, 3.05) is 14.2 Å². The summed E-state index contributed by atoms with van der Waals surface area (Å²) in [5, 5.41) is 5.70. The van der Waals surface area contributed by atoms with Crippen LogP contribution in [0.25, 0.3) is 10.4 Å². The Labute approximate surface area is 186 Å². The largest absolute Gasteiger partial charge is 0.496 e. The van der Waals surface area contributed by atoms with Crippen LogP contribution in [0.3, 0.4) is 0 Å². The predicted molar refractivity (Wildman–Crippen MR) is 121 cm³/mol. The molecule has 3 atom stereocenters. The smallest absolute Gasteiger partial charge is 0.309 e. The van der Waals surface area contributed by atoms with Gasteiger partial charge in [-0.05, 0) is 65.7 Å². The van der Waals surface area contributed by atoms with E-state index in [4.69, 9.17) is 9.47 Å². The molecule has 3 aromatic rings. The van der Waals surface area contributed by atoms with Crippen LogP contribution in [0.2, 0.25) is 0 Å². The molecule has 6 heteroatoms. The minimum atomic E-state index is -0.281. The topological polar surface area (TPSA) is 47.6 Å². The van der Waals surface area contributed by atoms with Gasteiger partial charge in [0.2, 0.25) is 0 Å². The van der Waals surface area contributed by atoms with E-state index in [0.717, 1.165) is 35.3 Å². The van der Waals surface area contributed by atoms with E-state index in [-0.39, 0.29) is 29.7 Å². The highest BCUT2D eigenvalue weighted by Crippen LogP contribution is 2.41. The molecule has 31 heavy (non-hydrogen) atoms. The van der Waals surface area contributed by atoms with Gasteiger partial charge in [-0.2, -0.15) is 0 Å². The van der Waals surface area contributed by atoms with Gasteiger partial charge < -0.3 is 14.8 Å². The summed E-state index contributed by atoms with van der Waals surface area (Å²) in [7, 11) is 3.10. The van der Waals surface area contributed by atoms with E-state index >= 15 is 0 Å². The molecule has 1 saturated carbocycles. The maximum Gasteiger partial charge on any atom is 0.309 e. The van der Waals surface area contributed by atoms with Gasteiger partial charge in [0.1, 0.15) is 11.6 Å². The number of carbonyl (C=O) groups is 1. The van der Waals surface area contributed by atoms with Crippen molar-refractivity contribution in [2.24, 2.45) is 5.92 Å². The third-order valence-electron chi connectivity index (χ3n) is 6.06. The Morgan fingerprint density at radius 2 is 1.94 bits per heavy atom. The fourth-order valence-electron chi connectivity index (χ4n) is 4.55. The van der Waals surface area contributed by atoms with E-state index in [9.17, 15) is 9.18 Å². The lowest BCUT2D eigenvalue weighted by molar-refractivity contribution is -0.145. The highest BCUT2D eigenvalue weighted by Gasteiger charge is 2.41. The van der Waals surface area contributed by atoms with E-state index in [1.165, 1.54) is 24.1 Å². The van der Waals surface area contributed by atoms with Gasteiger partial charge in [-0.1, -0.05) is 18.2 Å². The minimum Gasteiger partial charge on any atom is -0.496 e. The number of nitrogens with one attached hydrogen (secondary N) is 1.